The predicted molar refractivity (Wildman–Crippen MR) is 89.8 cm³/mol. The van der Waals surface area contributed by atoms with Crippen molar-refractivity contribution in [1.82, 2.24) is 10.2 Å². The lowest BCUT2D eigenvalue weighted by molar-refractivity contribution is -0.131. The van der Waals surface area contributed by atoms with Crippen LogP contribution in [0.25, 0.3) is 0 Å². The van der Waals surface area contributed by atoms with Crippen molar-refractivity contribution in [3.05, 3.63) is 29.8 Å². The van der Waals surface area contributed by atoms with Crippen molar-refractivity contribution in [2.75, 3.05) is 7.05 Å². The molecule has 0 radical (unpaired) electrons. The number of fused-ring (bicyclic) bond motifs is 2. The van der Waals surface area contributed by atoms with Crippen LogP contribution in [0.1, 0.15) is 31.2 Å². The first-order chi connectivity index (χ1) is 11.0. The Hall–Kier alpha value is -1.40. The van der Waals surface area contributed by atoms with Crippen LogP contribution in [0.15, 0.2) is 24.3 Å². The molecule has 134 valence electrons. The normalized spacial score (nSPS) is 25.2. The molecule has 0 saturated carbocycles. The van der Waals surface area contributed by atoms with Gasteiger partial charge in [0.25, 0.3) is 0 Å². The summed E-state index contributed by atoms with van der Waals surface area (Å²) in [6.45, 7) is -2.85. The number of nitrogens with zero attached hydrogens (tertiary/aromatic N) is 1. The van der Waals surface area contributed by atoms with Gasteiger partial charge in [0.1, 0.15) is 5.75 Å². The molecule has 2 unspecified atom stereocenters. The third-order valence-corrected chi connectivity index (χ3v) is 4.87. The molecule has 7 heteroatoms. The van der Waals surface area contributed by atoms with E-state index in [0.717, 1.165) is 12.8 Å². The van der Waals surface area contributed by atoms with Crippen molar-refractivity contribution < 1.29 is 18.3 Å². The Bertz CT molecular complexity index is 561. The van der Waals surface area contributed by atoms with Crippen LogP contribution < -0.4 is 10.1 Å². The summed E-state index contributed by atoms with van der Waals surface area (Å²) in [6.07, 6.45) is 4.57. The van der Waals surface area contributed by atoms with Crippen LogP contribution in [-0.2, 0) is 11.2 Å². The fourth-order valence-corrected chi connectivity index (χ4v) is 3.68. The Morgan fingerprint density at radius 1 is 1.33 bits per heavy atom. The molecule has 1 N–H and O–H groups in total. The van der Waals surface area contributed by atoms with E-state index < -0.39 is 6.61 Å². The molecule has 1 aromatic carbocycles. The van der Waals surface area contributed by atoms with Crippen molar-refractivity contribution >= 4 is 18.3 Å². The number of carbonyl (C=O) groups excluding carboxylic acids is 1. The van der Waals surface area contributed by atoms with Crippen molar-refractivity contribution in [2.24, 2.45) is 0 Å². The highest BCUT2D eigenvalue weighted by molar-refractivity contribution is 5.85. The Kier molecular flexibility index (Phi) is 6.40. The number of hydrogen-bond acceptors (Lipinski definition) is 3. The number of rotatable bonds is 5. The molecule has 2 aliphatic rings. The molecule has 0 aromatic heterocycles. The van der Waals surface area contributed by atoms with Crippen LogP contribution in [0.5, 0.6) is 5.75 Å². The topological polar surface area (TPSA) is 41.6 Å². The van der Waals surface area contributed by atoms with E-state index in [2.05, 4.69) is 10.1 Å². The molecule has 0 aliphatic carbocycles. The lowest BCUT2D eigenvalue weighted by Gasteiger charge is -2.35. The van der Waals surface area contributed by atoms with Crippen LogP contribution in [0.3, 0.4) is 0 Å². The molecule has 0 spiro atoms. The zero-order valence-corrected chi connectivity index (χ0v) is 14.4. The van der Waals surface area contributed by atoms with E-state index in [1.165, 1.54) is 25.0 Å². The first-order valence-corrected chi connectivity index (χ1v) is 8.06. The molecule has 2 aliphatic heterocycles. The van der Waals surface area contributed by atoms with Crippen LogP contribution in [0.2, 0.25) is 0 Å². The lowest BCUT2D eigenvalue weighted by atomic mass is 9.98. The van der Waals surface area contributed by atoms with E-state index in [0.29, 0.717) is 17.6 Å². The van der Waals surface area contributed by atoms with E-state index in [-0.39, 0.29) is 36.5 Å². The number of halogens is 3. The van der Waals surface area contributed by atoms with Gasteiger partial charge in [0.2, 0.25) is 5.91 Å². The summed E-state index contributed by atoms with van der Waals surface area (Å²) in [4.78, 5) is 14.3. The van der Waals surface area contributed by atoms with E-state index in [1.54, 1.807) is 12.1 Å². The summed E-state index contributed by atoms with van der Waals surface area (Å²) < 4.78 is 28.9. The zero-order chi connectivity index (χ0) is 16.4. The molecular formula is C17H23ClF2N2O2. The Labute approximate surface area is 147 Å². The summed E-state index contributed by atoms with van der Waals surface area (Å²) >= 11 is 0. The van der Waals surface area contributed by atoms with Crippen LogP contribution in [-0.4, -0.2) is 42.6 Å². The minimum absolute atomic E-state index is 0. The molecule has 2 fully saturated rings. The van der Waals surface area contributed by atoms with Crippen LogP contribution in [0.4, 0.5) is 8.78 Å². The maximum absolute atomic E-state index is 12.5. The highest BCUT2D eigenvalue weighted by atomic mass is 35.5. The van der Waals surface area contributed by atoms with Gasteiger partial charge in [-0.3, -0.25) is 4.79 Å². The van der Waals surface area contributed by atoms with Crippen LogP contribution >= 0.6 is 12.4 Å². The summed E-state index contributed by atoms with van der Waals surface area (Å²) in [7, 11) is 1.84. The van der Waals surface area contributed by atoms with Gasteiger partial charge in [-0.25, -0.2) is 0 Å². The average Bonchev–Trinajstić information content (AvgIpc) is 2.84. The molecule has 2 atom stereocenters. The predicted octanol–water partition coefficient (Wildman–Crippen LogP) is 2.99. The van der Waals surface area contributed by atoms with Crippen LogP contribution in [0, 0.1) is 0 Å². The maximum Gasteiger partial charge on any atom is 0.387 e. The van der Waals surface area contributed by atoms with Crippen molar-refractivity contribution in [2.45, 2.75) is 56.8 Å². The largest absolute Gasteiger partial charge is 0.435 e. The number of benzene rings is 1. The van der Waals surface area contributed by atoms with Gasteiger partial charge in [-0.05, 0) is 43.4 Å². The number of hydrogen-bond donors (Lipinski definition) is 1. The maximum atomic E-state index is 12.5. The molecule has 1 aromatic rings. The van der Waals surface area contributed by atoms with Gasteiger partial charge in [-0.1, -0.05) is 12.1 Å². The zero-order valence-electron chi connectivity index (χ0n) is 13.6. The standard InChI is InChI=1S/C17H22F2N2O2.ClH/c1-21(14-9-12-5-6-13(10-14)20-12)16(22)8-11-3-2-4-15(7-11)23-17(18)19;/h2-4,7,12-14,17,20H,5-6,8-10H2,1H3;1H. The minimum atomic E-state index is -2.85. The molecule has 4 nitrogen and oxygen atoms in total. The third-order valence-electron chi connectivity index (χ3n) is 4.87. The number of amides is 1. The number of piperidine rings is 1. The molecule has 1 amide bonds. The smallest absolute Gasteiger partial charge is 0.387 e. The average molecular weight is 361 g/mol. The minimum Gasteiger partial charge on any atom is -0.435 e. The van der Waals surface area contributed by atoms with Gasteiger partial charge >= 0.3 is 6.61 Å². The quantitative estimate of drug-likeness (QED) is 0.877. The van der Waals surface area contributed by atoms with Gasteiger partial charge in [-0.15, -0.1) is 12.4 Å². The summed E-state index contributed by atoms with van der Waals surface area (Å²) in [5, 5.41) is 3.56. The highest BCUT2D eigenvalue weighted by Crippen LogP contribution is 2.29. The Morgan fingerprint density at radius 3 is 2.62 bits per heavy atom. The number of carbonyl (C=O) groups is 1. The lowest BCUT2D eigenvalue weighted by Crippen LogP contribution is -2.49. The second kappa shape index (κ2) is 8.12. The number of likely N-dealkylation sites (N-methyl/N-ethyl adjacent to an activating group) is 1. The fraction of sp³-hybridized carbons (Fsp3) is 0.588. The van der Waals surface area contributed by atoms with E-state index >= 15 is 0 Å². The SMILES string of the molecule is CN(C(=O)Cc1cccc(OC(F)F)c1)C1CC2CCC(C1)N2.Cl. The number of nitrogens with one attached hydrogen (secondary N) is 1. The fourth-order valence-electron chi connectivity index (χ4n) is 3.68. The third kappa shape index (κ3) is 4.57. The van der Waals surface area contributed by atoms with Gasteiger partial charge in [0.05, 0.1) is 6.42 Å². The highest BCUT2D eigenvalue weighted by Gasteiger charge is 2.36. The Balaban J connectivity index is 0.00000208. The number of ether oxygens (including phenoxy) is 1. The molecular weight excluding hydrogens is 338 g/mol. The molecule has 2 bridgehead atoms. The molecule has 2 saturated heterocycles. The van der Waals surface area contributed by atoms with Crippen molar-refractivity contribution in [3.63, 3.8) is 0 Å². The monoisotopic (exact) mass is 360 g/mol. The first-order valence-electron chi connectivity index (χ1n) is 8.06. The molecule has 2 heterocycles. The number of alkyl halides is 2. The summed E-state index contributed by atoms with van der Waals surface area (Å²) in [6, 6.07) is 7.68. The van der Waals surface area contributed by atoms with E-state index in [1.807, 2.05) is 11.9 Å². The molecule has 24 heavy (non-hydrogen) atoms. The van der Waals surface area contributed by atoms with Gasteiger partial charge in [0, 0.05) is 25.2 Å². The van der Waals surface area contributed by atoms with Gasteiger partial charge in [0.15, 0.2) is 0 Å². The van der Waals surface area contributed by atoms with E-state index in [4.69, 9.17) is 0 Å². The second-order valence-electron chi connectivity index (χ2n) is 6.47. The summed E-state index contributed by atoms with van der Waals surface area (Å²) in [5.41, 5.74) is 0.692. The van der Waals surface area contributed by atoms with Crippen molar-refractivity contribution in [3.8, 4) is 5.75 Å². The van der Waals surface area contributed by atoms with Gasteiger partial charge < -0.3 is 15.0 Å². The van der Waals surface area contributed by atoms with Crippen molar-refractivity contribution in [1.29, 1.82) is 0 Å². The van der Waals surface area contributed by atoms with E-state index in [9.17, 15) is 13.6 Å². The first kappa shape index (κ1) is 18.9. The Morgan fingerprint density at radius 2 is 2.00 bits per heavy atom. The second-order valence-corrected chi connectivity index (χ2v) is 6.47. The van der Waals surface area contributed by atoms with Gasteiger partial charge in [-0.2, -0.15) is 8.78 Å². The molecule has 3 rings (SSSR count). The summed E-state index contributed by atoms with van der Waals surface area (Å²) in [5.74, 6) is 0.110.